The number of carbonyl (C=O) groups is 2. The summed E-state index contributed by atoms with van der Waals surface area (Å²) in [6.07, 6.45) is 0.329. The van der Waals surface area contributed by atoms with Crippen LogP contribution in [-0.4, -0.2) is 31.6 Å². The minimum atomic E-state index is -0.793. The van der Waals surface area contributed by atoms with Gasteiger partial charge in [0.25, 0.3) is 0 Å². The van der Waals surface area contributed by atoms with Gasteiger partial charge in [-0.3, -0.25) is 9.59 Å². The van der Waals surface area contributed by atoms with Gasteiger partial charge in [-0.1, -0.05) is 0 Å². The van der Waals surface area contributed by atoms with Crippen molar-refractivity contribution in [2.75, 3.05) is 24.4 Å². The molecule has 0 aromatic heterocycles. The fourth-order valence-electron chi connectivity index (χ4n) is 1.50. The number of nitrogens with one attached hydrogen (secondary N) is 2. The second-order valence-corrected chi connectivity index (χ2v) is 4.25. The number of ether oxygens (including phenoxy) is 1. The SMILES string of the molecule is COCCC(N)C(=O)Nc1cc(NC(C)=O)ccc1F. The Balaban J connectivity index is 2.75. The molecule has 4 N–H and O–H groups in total. The number of nitrogens with two attached hydrogens (primary N) is 1. The molecule has 0 radical (unpaired) electrons. The van der Waals surface area contributed by atoms with Crippen LogP contribution >= 0.6 is 0 Å². The highest BCUT2D eigenvalue weighted by atomic mass is 19.1. The van der Waals surface area contributed by atoms with Gasteiger partial charge in [-0.25, -0.2) is 4.39 Å². The van der Waals surface area contributed by atoms with Crippen LogP contribution in [-0.2, 0) is 14.3 Å². The van der Waals surface area contributed by atoms with Crippen LogP contribution in [0.25, 0.3) is 0 Å². The first-order valence-corrected chi connectivity index (χ1v) is 6.06. The summed E-state index contributed by atoms with van der Waals surface area (Å²) in [6, 6.07) is 3.09. The van der Waals surface area contributed by atoms with E-state index in [1.54, 1.807) is 0 Å². The van der Waals surface area contributed by atoms with Crippen molar-refractivity contribution in [1.29, 1.82) is 0 Å². The van der Waals surface area contributed by atoms with Crippen LogP contribution in [0.2, 0.25) is 0 Å². The van der Waals surface area contributed by atoms with Crippen LogP contribution in [0.15, 0.2) is 18.2 Å². The number of methoxy groups -OCH3 is 1. The van der Waals surface area contributed by atoms with E-state index in [0.29, 0.717) is 18.7 Å². The van der Waals surface area contributed by atoms with Gasteiger partial charge in [0.2, 0.25) is 11.8 Å². The zero-order valence-corrected chi connectivity index (χ0v) is 11.4. The van der Waals surface area contributed by atoms with Crippen LogP contribution in [0.3, 0.4) is 0 Å². The lowest BCUT2D eigenvalue weighted by molar-refractivity contribution is -0.117. The molecule has 0 heterocycles. The summed E-state index contributed by atoms with van der Waals surface area (Å²) < 4.78 is 18.4. The van der Waals surface area contributed by atoms with E-state index in [-0.39, 0.29) is 11.6 Å². The van der Waals surface area contributed by atoms with Crippen LogP contribution in [0.1, 0.15) is 13.3 Å². The maximum Gasteiger partial charge on any atom is 0.241 e. The van der Waals surface area contributed by atoms with Crippen LogP contribution in [0, 0.1) is 5.82 Å². The molecule has 0 saturated carbocycles. The van der Waals surface area contributed by atoms with Gasteiger partial charge >= 0.3 is 0 Å². The van der Waals surface area contributed by atoms with Crippen LogP contribution < -0.4 is 16.4 Å². The average Bonchev–Trinajstić information content (AvgIpc) is 2.39. The molecule has 7 heteroatoms. The number of amides is 2. The Hall–Kier alpha value is -1.99. The molecule has 20 heavy (non-hydrogen) atoms. The fraction of sp³-hybridized carbons (Fsp3) is 0.385. The summed E-state index contributed by atoms with van der Waals surface area (Å²) in [7, 11) is 1.50. The van der Waals surface area contributed by atoms with Crippen molar-refractivity contribution in [1.82, 2.24) is 0 Å². The zero-order valence-electron chi connectivity index (χ0n) is 11.4. The molecular weight excluding hydrogens is 265 g/mol. The molecule has 0 aliphatic rings. The molecule has 0 spiro atoms. The summed E-state index contributed by atoms with van der Waals surface area (Å²) in [5.41, 5.74) is 5.99. The maximum atomic E-state index is 13.6. The van der Waals surface area contributed by atoms with Gasteiger partial charge in [-0.05, 0) is 24.6 Å². The van der Waals surface area contributed by atoms with Crippen molar-refractivity contribution < 1.29 is 18.7 Å². The molecule has 1 aromatic carbocycles. The van der Waals surface area contributed by atoms with Crippen molar-refractivity contribution >= 4 is 23.2 Å². The summed E-state index contributed by atoms with van der Waals surface area (Å²) in [5.74, 6) is -1.40. The molecular formula is C13H18FN3O3. The smallest absolute Gasteiger partial charge is 0.241 e. The van der Waals surface area contributed by atoms with E-state index in [2.05, 4.69) is 10.6 Å². The van der Waals surface area contributed by atoms with Gasteiger partial charge < -0.3 is 21.1 Å². The summed E-state index contributed by atoms with van der Waals surface area (Å²) in [4.78, 5) is 22.7. The van der Waals surface area contributed by atoms with E-state index in [0.717, 1.165) is 6.07 Å². The van der Waals surface area contributed by atoms with Crippen molar-refractivity contribution in [2.24, 2.45) is 5.73 Å². The van der Waals surface area contributed by atoms with Gasteiger partial charge in [-0.15, -0.1) is 0 Å². The predicted molar refractivity (Wildman–Crippen MR) is 73.8 cm³/mol. The molecule has 0 aliphatic carbocycles. The first kappa shape index (κ1) is 16.1. The molecule has 2 amide bonds. The molecule has 1 atom stereocenters. The Labute approximate surface area is 116 Å². The minimum absolute atomic E-state index is 0.0332. The van der Waals surface area contributed by atoms with Gasteiger partial charge in [0.1, 0.15) is 5.82 Å². The van der Waals surface area contributed by atoms with E-state index in [1.807, 2.05) is 0 Å². The first-order valence-electron chi connectivity index (χ1n) is 6.06. The summed E-state index contributed by atoms with van der Waals surface area (Å²) in [6.45, 7) is 1.67. The fourth-order valence-corrected chi connectivity index (χ4v) is 1.50. The van der Waals surface area contributed by atoms with Gasteiger partial charge in [0.15, 0.2) is 0 Å². The molecule has 0 bridgehead atoms. The number of rotatable bonds is 6. The summed E-state index contributed by atoms with van der Waals surface area (Å²) in [5, 5.41) is 4.89. The Bertz CT molecular complexity index is 494. The van der Waals surface area contributed by atoms with Gasteiger partial charge in [0.05, 0.1) is 11.7 Å². The molecule has 0 fully saturated rings. The summed E-state index contributed by atoms with van der Waals surface area (Å²) >= 11 is 0. The third kappa shape index (κ3) is 4.94. The second kappa shape index (κ2) is 7.56. The third-order valence-electron chi connectivity index (χ3n) is 2.51. The predicted octanol–water partition coefficient (Wildman–Crippen LogP) is 1.09. The maximum absolute atomic E-state index is 13.6. The average molecular weight is 283 g/mol. The number of halogens is 1. The molecule has 1 aromatic rings. The minimum Gasteiger partial charge on any atom is -0.385 e. The standard InChI is InChI=1S/C13H18FN3O3/c1-8(18)16-9-3-4-10(14)12(7-9)17-13(19)11(15)5-6-20-2/h3-4,7,11H,5-6,15H2,1-2H3,(H,16,18)(H,17,19). The zero-order chi connectivity index (χ0) is 15.1. The highest BCUT2D eigenvalue weighted by Crippen LogP contribution is 2.19. The van der Waals surface area contributed by atoms with Crippen molar-refractivity contribution in [2.45, 2.75) is 19.4 Å². The highest BCUT2D eigenvalue weighted by molar-refractivity contribution is 5.96. The number of hydrogen-bond acceptors (Lipinski definition) is 4. The second-order valence-electron chi connectivity index (χ2n) is 4.25. The van der Waals surface area contributed by atoms with Crippen LogP contribution in [0.4, 0.5) is 15.8 Å². The van der Waals surface area contributed by atoms with Gasteiger partial charge in [0, 0.05) is 26.3 Å². The van der Waals surface area contributed by atoms with Gasteiger partial charge in [-0.2, -0.15) is 0 Å². The monoisotopic (exact) mass is 283 g/mol. The topological polar surface area (TPSA) is 93.4 Å². The lowest BCUT2D eigenvalue weighted by atomic mass is 10.2. The molecule has 1 unspecified atom stereocenters. The number of carbonyl (C=O) groups excluding carboxylic acids is 2. The van der Waals surface area contributed by atoms with E-state index >= 15 is 0 Å². The van der Waals surface area contributed by atoms with Crippen molar-refractivity contribution in [3.63, 3.8) is 0 Å². The van der Waals surface area contributed by atoms with Crippen molar-refractivity contribution in [3.05, 3.63) is 24.0 Å². The largest absolute Gasteiger partial charge is 0.385 e. The highest BCUT2D eigenvalue weighted by Gasteiger charge is 2.15. The Kier molecular flexibility index (Phi) is 6.08. The van der Waals surface area contributed by atoms with E-state index in [4.69, 9.17) is 10.5 Å². The number of hydrogen-bond donors (Lipinski definition) is 3. The molecule has 0 aliphatic heterocycles. The molecule has 6 nitrogen and oxygen atoms in total. The molecule has 0 saturated heterocycles. The first-order chi connectivity index (χ1) is 9.43. The number of benzene rings is 1. The van der Waals surface area contributed by atoms with Crippen molar-refractivity contribution in [3.8, 4) is 0 Å². The normalized spacial score (nSPS) is 11.8. The van der Waals surface area contributed by atoms with E-state index in [9.17, 15) is 14.0 Å². The van der Waals surface area contributed by atoms with E-state index < -0.39 is 17.8 Å². The Morgan fingerprint density at radius 2 is 2.10 bits per heavy atom. The Morgan fingerprint density at radius 3 is 2.70 bits per heavy atom. The molecule has 1 rings (SSSR count). The van der Waals surface area contributed by atoms with Crippen LogP contribution in [0.5, 0.6) is 0 Å². The lowest BCUT2D eigenvalue weighted by Gasteiger charge is -2.13. The number of anilines is 2. The lowest BCUT2D eigenvalue weighted by Crippen LogP contribution is -2.36. The Morgan fingerprint density at radius 1 is 1.40 bits per heavy atom. The van der Waals surface area contributed by atoms with E-state index in [1.165, 1.54) is 26.2 Å². The molecule has 110 valence electrons. The third-order valence-corrected chi connectivity index (χ3v) is 2.51. The quantitative estimate of drug-likeness (QED) is 0.728.